The van der Waals surface area contributed by atoms with Crippen LogP contribution in [0.5, 0.6) is 0 Å². The van der Waals surface area contributed by atoms with Gasteiger partial charge in [-0.25, -0.2) is 0 Å². The molecule has 12 N–H and O–H groups in total. The van der Waals surface area contributed by atoms with Gasteiger partial charge in [-0.1, -0.05) is 144 Å². The maximum atomic E-state index is 13.3. The molecule has 0 saturated carbocycles. The molecule has 3 saturated heterocycles. The van der Waals surface area contributed by atoms with Crippen molar-refractivity contribution >= 4 is 5.91 Å². The molecule has 0 radical (unpaired) electrons. The molecule has 0 aliphatic carbocycles. The number of hydrogen-bond donors (Lipinski definition) is 12. The summed E-state index contributed by atoms with van der Waals surface area (Å²) in [6.45, 7) is 1.51. The molecule has 19 nitrogen and oxygen atoms in total. The normalized spacial score (nSPS) is 31.1. The molecule has 19 heteroatoms. The molecule has 0 spiro atoms. The SMILES string of the molecule is CC/C=C\C/C=C\C/C=C\C/C=C\CCCCCCCCC(=O)NC(COC1OC(CO)C(OC2OC(CO)C(OC3OC(CO)C(O)C(O)C3O)C(O)C2O)C(O)C1O)C(O)/C=C/CC/C=C/CC/C=C/CCCCCC. The fraction of sp³-hybridized carbons (Fsp3) is 0.746. The minimum absolute atomic E-state index is 0.210. The van der Waals surface area contributed by atoms with Crippen molar-refractivity contribution in [1.82, 2.24) is 5.32 Å². The topological polar surface area (TPSA) is 307 Å². The van der Waals surface area contributed by atoms with E-state index in [0.29, 0.717) is 12.8 Å². The number of amides is 1. The van der Waals surface area contributed by atoms with Crippen LogP contribution in [0.15, 0.2) is 85.1 Å². The number of hydrogen-bond acceptors (Lipinski definition) is 18. The number of aliphatic hydroxyl groups is 11. The van der Waals surface area contributed by atoms with Crippen molar-refractivity contribution in [1.29, 1.82) is 0 Å². The highest BCUT2D eigenvalue weighted by molar-refractivity contribution is 5.76. The van der Waals surface area contributed by atoms with E-state index in [1.165, 1.54) is 25.7 Å². The largest absolute Gasteiger partial charge is 0.394 e. The lowest BCUT2D eigenvalue weighted by Crippen LogP contribution is -2.66. The van der Waals surface area contributed by atoms with Gasteiger partial charge in [0.15, 0.2) is 18.9 Å². The molecule has 3 heterocycles. The Bertz CT molecular complexity index is 1750. The lowest BCUT2D eigenvalue weighted by molar-refractivity contribution is -0.379. The monoisotopic (exact) mass is 1110 g/mol. The Morgan fingerprint density at radius 3 is 1.44 bits per heavy atom. The Labute approximate surface area is 463 Å². The van der Waals surface area contributed by atoms with E-state index < -0.39 is 124 Å². The van der Waals surface area contributed by atoms with Gasteiger partial charge >= 0.3 is 0 Å². The van der Waals surface area contributed by atoms with Gasteiger partial charge in [0.2, 0.25) is 5.91 Å². The van der Waals surface area contributed by atoms with Crippen LogP contribution in [0.4, 0.5) is 0 Å². The lowest BCUT2D eigenvalue weighted by Gasteiger charge is -2.48. The van der Waals surface area contributed by atoms with E-state index in [9.17, 15) is 61.0 Å². The number of carbonyl (C=O) groups is 1. The van der Waals surface area contributed by atoms with Crippen molar-refractivity contribution in [3.05, 3.63) is 85.1 Å². The molecule has 17 atom stereocenters. The second-order valence-electron chi connectivity index (χ2n) is 20.3. The molecule has 0 aromatic rings. The second-order valence-corrected chi connectivity index (χ2v) is 20.3. The van der Waals surface area contributed by atoms with Crippen molar-refractivity contribution in [2.24, 2.45) is 0 Å². The quantitative estimate of drug-likeness (QED) is 0.0299. The van der Waals surface area contributed by atoms with Crippen LogP contribution in [0.2, 0.25) is 0 Å². The van der Waals surface area contributed by atoms with Crippen molar-refractivity contribution in [2.45, 2.75) is 253 Å². The second kappa shape index (κ2) is 41.9. The first-order chi connectivity index (χ1) is 37.8. The Kier molecular flexibility index (Phi) is 37.2. The van der Waals surface area contributed by atoms with E-state index >= 15 is 0 Å². The number of ether oxygens (including phenoxy) is 6. The van der Waals surface area contributed by atoms with Crippen LogP contribution in [0.25, 0.3) is 0 Å². The molecule has 0 bridgehead atoms. The van der Waals surface area contributed by atoms with Crippen LogP contribution >= 0.6 is 0 Å². The summed E-state index contributed by atoms with van der Waals surface area (Å²) in [5.74, 6) is -0.310. The summed E-state index contributed by atoms with van der Waals surface area (Å²) in [4.78, 5) is 13.3. The third-order valence-corrected chi connectivity index (χ3v) is 13.9. The Balaban J connectivity index is 1.54. The van der Waals surface area contributed by atoms with Crippen molar-refractivity contribution in [2.75, 3.05) is 26.4 Å². The van der Waals surface area contributed by atoms with Crippen LogP contribution < -0.4 is 5.32 Å². The molecular formula is C59H99NO18. The molecule has 448 valence electrons. The summed E-state index contributed by atoms with van der Waals surface area (Å²) in [6.07, 6.45) is 22.8. The van der Waals surface area contributed by atoms with E-state index in [2.05, 4.69) is 92.1 Å². The summed E-state index contributed by atoms with van der Waals surface area (Å²) >= 11 is 0. The summed E-state index contributed by atoms with van der Waals surface area (Å²) in [5, 5.41) is 120. The van der Waals surface area contributed by atoms with Crippen LogP contribution in [-0.4, -0.2) is 193 Å². The summed E-state index contributed by atoms with van der Waals surface area (Å²) in [5.41, 5.74) is 0. The smallest absolute Gasteiger partial charge is 0.220 e. The van der Waals surface area contributed by atoms with Gasteiger partial charge < -0.3 is 89.9 Å². The highest BCUT2D eigenvalue weighted by Gasteiger charge is 2.53. The molecule has 3 aliphatic heterocycles. The zero-order valence-corrected chi connectivity index (χ0v) is 46.4. The van der Waals surface area contributed by atoms with Crippen molar-refractivity contribution in [3.8, 4) is 0 Å². The molecule has 0 aromatic carbocycles. The Morgan fingerprint density at radius 2 is 0.897 bits per heavy atom. The van der Waals surface area contributed by atoms with Gasteiger partial charge in [0.1, 0.15) is 73.2 Å². The van der Waals surface area contributed by atoms with Crippen molar-refractivity contribution < 1.29 is 89.4 Å². The fourth-order valence-corrected chi connectivity index (χ4v) is 9.15. The van der Waals surface area contributed by atoms with E-state index in [1.807, 2.05) is 6.08 Å². The Hall–Kier alpha value is -3.03. The first-order valence-electron chi connectivity index (χ1n) is 28.8. The maximum absolute atomic E-state index is 13.3. The van der Waals surface area contributed by atoms with Crippen LogP contribution in [0, 0.1) is 0 Å². The highest BCUT2D eigenvalue weighted by atomic mass is 16.8. The Morgan fingerprint density at radius 1 is 0.474 bits per heavy atom. The number of allylic oxidation sites excluding steroid dienone is 13. The third kappa shape index (κ3) is 25.8. The van der Waals surface area contributed by atoms with Gasteiger partial charge in [-0.2, -0.15) is 0 Å². The van der Waals surface area contributed by atoms with Gasteiger partial charge in [-0.05, 0) is 83.5 Å². The molecule has 3 fully saturated rings. The fourth-order valence-electron chi connectivity index (χ4n) is 9.15. The lowest BCUT2D eigenvalue weighted by atomic mass is 9.96. The number of aliphatic hydroxyl groups excluding tert-OH is 11. The molecule has 0 aromatic heterocycles. The number of unbranched alkanes of at least 4 members (excludes halogenated alkanes) is 12. The van der Waals surface area contributed by atoms with Gasteiger partial charge in [0.25, 0.3) is 0 Å². The highest BCUT2D eigenvalue weighted by Crippen LogP contribution is 2.33. The van der Waals surface area contributed by atoms with Crippen LogP contribution in [0.1, 0.15) is 149 Å². The summed E-state index contributed by atoms with van der Waals surface area (Å²) in [6, 6.07) is -1.01. The molecular weight excluding hydrogens is 1010 g/mol. The minimum Gasteiger partial charge on any atom is -0.394 e. The van der Waals surface area contributed by atoms with E-state index in [-0.39, 0.29) is 18.9 Å². The average molecular weight is 1110 g/mol. The van der Waals surface area contributed by atoms with Gasteiger partial charge in [0.05, 0.1) is 38.6 Å². The van der Waals surface area contributed by atoms with E-state index in [1.54, 1.807) is 6.08 Å². The maximum Gasteiger partial charge on any atom is 0.220 e. The van der Waals surface area contributed by atoms with E-state index in [0.717, 1.165) is 89.9 Å². The molecule has 1 amide bonds. The first kappa shape index (κ1) is 69.2. The van der Waals surface area contributed by atoms with E-state index in [4.69, 9.17) is 28.4 Å². The van der Waals surface area contributed by atoms with Crippen LogP contribution in [0.3, 0.4) is 0 Å². The summed E-state index contributed by atoms with van der Waals surface area (Å²) < 4.78 is 34.2. The predicted molar refractivity (Wildman–Crippen MR) is 295 cm³/mol. The molecule has 3 rings (SSSR count). The number of nitrogens with one attached hydrogen (secondary N) is 1. The molecule has 3 aliphatic rings. The first-order valence-corrected chi connectivity index (χ1v) is 28.8. The van der Waals surface area contributed by atoms with Gasteiger partial charge in [0, 0.05) is 6.42 Å². The van der Waals surface area contributed by atoms with Crippen LogP contribution in [-0.2, 0) is 33.2 Å². The zero-order chi connectivity index (χ0) is 56.9. The summed E-state index contributed by atoms with van der Waals surface area (Å²) in [7, 11) is 0. The third-order valence-electron chi connectivity index (χ3n) is 13.9. The molecule has 78 heavy (non-hydrogen) atoms. The van der Waals surface area contributed by atoms with Gasteiger partial charge in [-0.15, -0.1) is 0 Å². The average Bonchev–Trinajstić information content (AvgIpc) is 3.45. The minimum atomic E-state index is -1.99. The number of carbonyl (C=O) groups excluding carboxylic acids is 1. The zero-order valence-electron chi connectivity index (χ0n) is 46.4. The molecule has 17 unspecified atom stereocenters. The van der Waals surface area contributed by atoms with Crippen molar-refractivity contribution in [3.63, 3.8) is 0 Å². The predicted octanol–water partition coefficient (Wildman–Crippen LogP) is 4.42. The van der Waals surface area contributed by atoms with Gasteiger partial charge in [-0.3, -0.25) is 4.79 Å². The standard InChI is InChI=1S/C59H99NO18/c1-3-5-7-9-11-13-15-17-19-20-21-22-23-25-27-29-31-33-35-37-47(65)60-42(43(64)36-34-32-30-28-26-24-18-16-14-12-10-8-6-4-2)41-73-57-53(71)50(68)55(45(39-62)75-57)78-59-54(72)51(69)56(46(40-63)76-59)77-58-52(70)49(67)48(66)44(38-61)74-58/h5,7,11,13-14,16-17,19,21-22,26,28,34,36,42-46,48-59,61-64,66-72H,3-4,6,8-10,12,15,18,20,23-25,27,29-33,35,37-41H2,1-2H3,(H,60,65)/b7-5-,13-11-,16-14+,19-17-,22-21-,28-26+,36-34+. The number of rotatable bonds is 40.